The van der Waals surface area contributed by atoms with Gasteiger partial charge in [0.15, 0.2) is 11.9 Å². The molecule has 10 heteroatoms. The molecule has 0 atom stereocenters. The third-order valence-corrected chi connectivity index (χ3v) is 2.09. The van der Waals surface area contributed by atoms with E-state index < -0.39 is 5.09 Å². The highest BCUT2D eigenvalue weighted by Crippen LogP contribution is 2.11. The Kier molecular flexibility index (Phi) is 6.68. The lowest BCUT2D eigenvalue weighted by Crippen LogP contribution is -2.44. The van der Waals surface area contributed by atoms with Crippen LogP contribution < -0.4 is 11.5 Å². The Bertz CT molecular complexity index is 446. The van der Waals surface area contributed by atoms with Gasteiger partial charge in [-0.3, -0.25) is 15.7 Å². The van der Waals surface area contributed by atoms with Gasteiger partial charge in [-0.05, 0) is 17.7 Å². The van der Waals surface area contributed by atoms with Crippen molar-refractivity contribution in [3.8, 4) is 0 Å². The first-order valence-corrected chi connectivity index (χ1v) is 5.15. The topological polar surface area (TPSA) is 166 Å². The third-order valence-electron chi connectivity index (χ3n) is 1.84. The molecule has 1 rings (SSSR count). The van der Waals surface area contributed by atoms with E-state index in [0.717, 1.165) is 5.56 Å². The minimum absolute atomic E-state index is 0.252. The number of hydrogen-bond acceptors (Lipinski definition) is 4. The van der Waals surface area contributed by atoms with Crippen molar-refractivity contribution in [1.29, 1.82) is 10.8 Å². The average molecular weight is 289 g/mol. The maximum absolute atomic E-state index is 8.36. The summed E-state index contributed by atoms with van der Waals surface area (Å²) in [5, 5.41) is 28.7. The van der Waals surface area contributed by atoms with Crippen LogP contribution in [-0.4, -0.2) is 27.1 Å². The van der Waals surface area contributed by atoms with E-state index >= 15 is 0 Å². The Morgan fingerprint density at radius 3 is 2.00 bits per heavy atom. The molecule has 19 heavy (non-hydrogen) atoms. The Balaban J connectivity index is 0.000000711. The van der Waals surface area contributed by atoms with Gasteiger partial charge in [-0.25, -0.2) is 0 Å². The van der Waals surface area contributed by atoms with Crippen molar-refractivity contribution in [1.82, 2.24) is 4.90 Å². The van der Waals surface area contributed by atoms with E-state index in [4.69, 9.17) is 49.2 Å². The van der Waals surface area contributed by atoms with Crippen molar-refractivity contribution in [2.45, 2.75) is 6.54 Å². The lowest BCUT2D eigenvalue weighted by atomic mass is 10.2. The minimum atomic E-state index is -1.50. The van der Waals surface area contributed by atoms with Crippen LogP contribution in [0.1, 0.15) is 5.56 Å². The molecule has 0 bridgehead atoms. The van der Waals surface area contributed by atoms with E-state index in [1.165, 1.54) is 4.90 Å². The van der Waals surface area contributed by atoms with Crippen LogP contribution in [-0.2, 0) is 6.54 Å². The highest BCUT2D eigenvalue weighted by atomic mass is 35.5. The maximum Gasteiger partial charge on any atom is 0.291 e. The van der Waals surface area contributed by atoms with E-state index in [2.05, 4.69) is 0 Å². The van der Waals surface area contributed by atoms with E-state index in [1.807, 2.05) is 0 Å². The molecule has 0 saturated carbocycles. The molecule has 0 aliphatic heterocycles. The number of nitrogens with two attached hydrogens (primary N) is 2. The molecule has 7 N–H and O–H groups in total. The Morgan fingerprint density at radius 1 is 1.32 bits per heavy atom. The molecule has 9 nitrogen and oxygen atoms in total. The lowest BCUT2D eigenvalue weighted by molar-refractivity contribution is -0.742. The van der Waals surface area contributed by atoms with Gasteiger partial charge in [0.1, 0.15) is 0 Å². The summed E-state index contributed by atoms with van der Waals surface area (Å²) < 4.78 is 0. The maximum atomic E-state index is 8.36. The van der Waals surface area contributed by atoms with Crippen LogP contribution in [0.25, 0.3) is 0 Å². The summed E-state index contributed by atoms with van der Waals surface area (Å²) in [7, 11) is 0. The van der Waals surface area contributed by atoms with E-state index in [9.17, 15) is 0 Å². The zero-order valence-corrected chi connectivity index (χ0v) is 10.5. The summed E-state index contributed by atoms with van der Waals surface area (Å²) in [4.78, 5) is 9.54. The standard InChI is InChI=1S/C9H12ClN5.HNO3/c10-7-3-1-6(2-4-7)5-15(8(11)12)9(13)14;2-1(3)4/h1-4H,5H2,(H3,11,12)(H3,13,14);(H,2,3,4). The van der Waals surface area contributed by atoms with Crippen LogP contribution in [0.15, 0.2) is 24.3 Å². The zero-order valence-electron chi connectivity index (χ0n) is 9.71. The van der Waals surface area contributed by atoms with Gasteiger partial charge in [0.05, 0.1) is 6.54 Å². The average Bonchev–Trinajstić information content (AvgIpc) is 2.26. The van der Waals surface area contributed by atoms with Crippen LogP contribution in [0.5, 0.6) is 0 Å². The summed E-state index contributed by atoms with van der Waals surface area (Å²) in [6.45, 7) is 0.293. The molecule has 0 fully saturated rings. The van der Waals surface area contributed by atoms with Crippen molar-refractivity contribution in [2.75, 3.05) is 0 Å². The summed E-state index contributed by atoms with van der Waals surface area (Å²) in [5.41, 5.74) is 11.4. The van der Waals surface area contributed by atoms with Crippen LogP contribution in [0, 0.1) is 20.9 Å². The predicted molar refractivity (Wildman–Crippen MR) is 69.6 cm³/mol. The van der Waals surface area contributed by atoms with Gasteiger partial charge < -0.3 is 16.7 Å². The summed E-state index contributed by atoms with van der Waals surface area (Å²) in [5.74, 6) is -0.505. The SMILES string of the molecule is N=C(N)N(Cc1ccc(Cl)cc1)C(=N)N.O=[N+]([O-])O. The second-order valence-electron chi connectivity index (χ2n) is 3.22. The van der Waals surface area contributed by atoms with Crippen LogP contribution in [0.3, 0.4) is 0 Å². The van der Waals surface area contributed by atoms with E-state index in [-0.39, 0.29) is 11.9 Å². The van der Waals surface area contributed by atoms with E-state index in [1.54, 1.807) is 24.3 Å². The highest BCUT2D eigenvalue weighted by molar-refractivity contribution is 6.30. The number of hydrogen-bond donors (Lipinski definition) is 5. The number of halogens is 1. The molecule has 0 aliphatic rings. The fraction of sp³-hybridized carbons (Fsp3) is 0.111. The van der Waals surface area contributed by atoms with Gasteiger partial charge in [-0.1, -0.05) is 23.7 Å². The minimum Gasteiger partial charge on any atom is -0.370 e. The molecule has 1 aromatic carbocycles. The Hall–Kier alpha value is -2.55. The zero-order chi connectivity index (χ0) is 15.0. The number of benzene rings is 1. The molecular formula is C9H13ClN6O3. The van der Waals surface area contributed by atoms with Gasteiger partial charge in [-0.2, -0.15) is 0 Å². The predicted octanol–water partition coefficient (Wildman–Crippen LogP) is 0.581. The first-order valence-electron chi connectivity index (χ1n) is 4.77. The largest absolute Gasteiger partial charge is 0.370 e. The molecule has 0 aliphatic carbocycles. The van der Waals surface area contributed by atoms with Crippen LogP contribution >= 0.6 is 11.6 Å². The molecule has 104 valence electrons. The number of rotatable bonds is 2. The molecule has 0 heterocycles. The van der Waals surface area contributed by atoms with Gasteiger partial charge in [0.2, 0.25) is 0 Å². The molecule has 0 amide bonds. The number of nitrogens with one attached hydrogen (secondary N) is 2. The van der Waals surface area contributed by atoms with Crippen LogP contribution in [0.4, 0.5) is 0 Å². The van der Waals surface area contributed by atoms with Crippen molar-refractivity contribution >= 4 is 23.5 Å². The molecular weight excluding hydrogens is 276 g/mol. The molecule has 0 spiro atoms. The third kappa shape index (κ3) is 7.39. The highest BCUT2D eigenvalue weighted by Gasteiger charge is 2.09. The van der Waals surface area contributed by atoms with E-state index in [0.29, 0.717) is 11.6 Å². The summed E-state index contributed by atoms with van der Waals surface area (Å²) in [6.07, 6.45) is 0. The summed E-state index contributed by atoms with van der Waals surface area (Å²) in [6, 6.07) is 7.05. The van der Waals surface area contributed by atoms with Crippen molar-refractivity contribution < 1.29 is 10.3 Å². The Morgan fingerprint density at radius 2 is 1.68 bits per heavy atom. The lowest BCUT2D eigenvalue weighted by Gasteiger charge is -2.20. The second-order valence-corrected chi connectivity index (χ2v) is 3.66. The summed E-state index contributed by atoms with van der Waals surface area (Å²) >= 11 is 5.73. The Labute approximate surface area is 113 Å². The molecule has 0 unspecified atom stereocenters. The van der Waals surface area contributed by atoms with Gasteiger partial charge in [-0.15, -0.1) is 10.1 Å². The smallest absolute Gasteiger partial charge is 0.291 e. The van der Waals surface area contributed by atoms with Crippen LogP contribution in [0.2, 0.25) is 5.02 Å². The molecule has 0 aromatic heterocycles. The van der Waals surface area contributed by atoms with Gasteiger partial charge >= 0.3 is 0 Å². The van der Waals surface area contributed by atoms with Crippen molar-refractivity contribution in [3.63, 3.8) is 0 Å². The molecule has 0 radical (unpaired) electrons. The fourth-order valence-corrected chi connectivity index (χ4v) is 1.20. The fourth-order valence-electron chi connectivity index (χ4n) is 1.07. The number of nitrogens with zero attached hydrogens (tertiary/aromatic N) is 2. The number of guanidine groups is 2. The first kappa shape index (κ1) is 16.4. The first-order chi connectivity index (χ1) is 8.73. The molecule has 1 aromatic rings. The second kappa shape index (κ2) is 7.71. The van der Waals surface area contributed by atoms with Crippen molar-refractivity contribution in [3.05, 3.63) is 45.0 Å². The monoisotopic (exact) mass is 288 g/mol. The molecule has 0 saturated heterocycles. The van der Waals surface area contributed by atoms with Gasteiger partial charge in [0.25, 0.3) is 5.09 Å². The quantitative estimate of drug-likeness (QED) is 0.231. The van der Waals surface area contributed by atoms with Gasteiger partial charge in [0, 0.05) is 5.02 Å². The van der Waals surface area contributed by atoms with Crippen molar-refractivity contribution in [2.24, 2.45) is 11.5 Å². The normalized spacial score (nSPS) is 8.89.